The normalized spacial score (nSPS) is 12.8. The number of benzene rings is 1. The van der Waals surface area contributed by atoms with E-state index in [1.807, 2.05) is 0 Å². The van der Waals surface area contributed by atoms with Crippen LogP contribution in [-0.4, -0.2) is 35.2 Å². The summed E-state index contributed by atoms with van der Waals surface area (Å²) in [5, 5.41) is 12.3. The number of sulfone groups is 1. The standard InChI is InChI=1S/C11H10F3N5O2S2.Pr/c1-5-6(9(22)15-10-16-18-19-17-10)3-4-7(11(12,13)14)8(5)23(2,20)21;/h3-4H,1-2H3,(H2,15,16,17,18,19,22);/p-1. The van der Waals surface area contributed by atoms with Crippen LogP contribution in [-0.2, 0) is 16.0 Å². The van der Waals surface area contributed by atoms with E-state index in [0.717, 1.165) is 6.07 Å². The Kier molecular flexibility index (Phi) is 6.81. The number of H-pyrrole nitrogens is 1. The molecule has 0 unspecified atom stereocenters. The van der Waals surface area contributed by atoms with Crippen molar-refractivity contribution in [1.82, 2.24) is 20.6 Å². The summed E-state index contributed by atoms with van der Waals surface area (Å²) in [5.74, 6) is 0. The van der Waals surface area contributed by atoms with E-state index in [-0.39, 0.29) is 63.0 Å². The molecule has 0 spiro atoms. The van der Waals surface area contributed by atoms with Crippen LogP contribution in [0.15, 0.2) is 22.0 Å². The van der Waals surface area contributed by atoms with Crippen molar-refractivity contribution in [2.45, 2.75) is 18.0 Å². The number of halogens is 3. The van der Waals surface area contributed by atoms with Crippen LogP contribution in [0.25, 0.3) is 0 Å². The van der Waals surface area contributed by atoms with Gasteiger partial charge in [-0.1, -0.05) is 18.3 Å². The van der Waals surface area contributed by atoms with Gasteiger partial charge in [0.1, 0.15) is 0 Å². The van der Waals surface area contributed by atoms with Crippen molar-refractivity contribution in [2.24, 2.45) is 4.99 Å². The first kappa shape index (κ1) is 21.3. The van der Waals surface area contributed by atoms with E-state index < -0.39 is 26.5 Å². The number of aromatic amines is 1. The second kappa shape index (κ2) is 7.67. The van der Waals surface area contributed by atoms with E-state index in [9.17, 15) is 21.6 Å². The molecule has 0 aliphatic heterocycles. The van der Waals surface area contributed by atoms with Crippen LogP contribution in [0.1, 0.15) is 16.7 Å². The summed E-state index contributed by atoms with van der Waals surface area (Å²) in [6.45, 7) is 1.24. The fourth-order valence-electron chi connectivity index (χ4n) is 1.98. The molecule has 0 bridgehead atoms. The van der Waals surface area contributed by atoms with Crippen LogP contribution in [0.3, 0.4) is 0 Å². The third-order valence-electron chi connectivity index (χ3n) is 2.85. The van der Waals surface area contributed by atoms with Crippen molar-refractivity contribution < 1.29 is 62.9 Å². The topological polar surface area (TPSA) is 102 Å². The molecule has 1 radical (unpaired) electrons. The molecule has 1 aromatic heterocycles. The molecule has 0 aliphatic rings. The molecule has 1 heterocycles. The SMILES string of the molecule is Cc1c(C(=S)N=c2[n-]nn[nH]2)ccc(C(F)(F)F)c1S(C)(=O)=O.[Pr]. The molecule has 1 aromatic carbocycles. The molecule has 2 rings (SSSR count). The number of rotatable bonds is 2. The number of hydrogen-bond acceptors (Lipinski definition) is 5. The molecule has 0 aliphatic carbocycles. The van der Waals surface area contributed by atoms with Gasteiger partial charge in [0.2, 0.25) is 0 Å². The van der Waals surface area contributed by atoms with Crippen molar-refractivity contribution in [3.63, 3.8) is 0 Å². The minimum Gasteiger partial charge on any atom is -0.345 e. The number of alkyl halides is 3. The minimum atomic E-state index is -4.81. The van der Waals surface area contributed by atoms with Crippen LogP contribution < -0.4 is 10.7 Å². The predicted molar refractivity (Wildman–Crippen MR) is 76.3 cm³/mol. The molecule has 0 atom stereocenters. The van der Waals surface area contributed by atoms with Crippen molar-refractivity contribution in [2.75, 3.05) is 6.26 Å². The van der Waals surface area contributed by atoms with Crippen LogP contribution in [0.2, 0.25) is 0 Å². The summed E-state index contributed by atoms with van der Waals surface area (Å²) in [4.78, 5) is 2.87. The van der Waals surface area contributed by atoms with Crippen LogP contribution in [0.5, 0.6) is 0 Å². The Labute approximate surface area is 173 Å². The Morgan fingerprint density at radius 3 is 2.46 bits per heavy atom. The molecule has 0 saturated carbocycles. The maximum Gasteiger partial charge on any atom is 0.417 e. The van der Waals surface area contributed by atoms with E-state index >= 15 is 0 Å². The fourth-order valence-corrected chi connectivity index (χ4v) is 3.54. The number of hydrogen-bond donors (Lipinski definition) is 1. The maximum absolute atomic E-state index is 13.0. The molecule has 13 heteroatoms. The summed E-state index contributed by atoms with van der Waals surface area (Å²) < 4.78 is 62.7. The van der Waals surface area contributed by atoms with E-state index in [1.54, 1.807) is 0 Å². The van der Waals surface area contributed by atoms with Gasteiger partial charge in [-0.3, -0.25) is 0 Å². The van der Waals surface area contributed by atoms with Gasteiger partial charge in [0.05, 0.1) is 21.1 Å². The van der Waals surface area contributed by atoms with Crippen molar-refractivity contribution in [3.05, 3.63) is 34.4 Å². The molecule has 24 heavy (non-hydrogen) atoms. The largest absolute Gasteiger partial charge is 0.417 e. The molecule has 0 saturated heterocycles. The summed E-state index contributed by atoms with van der Waals surface area (Å²) in [5.41, 5.74) is -1.35. The smallest absolute Gasteiger partial charge is 0.345 e. The Balaban J connectivity index is 0.00000288. The first-order valence-electron chi connectivity index (χ1n) is 5.92. The number of thiocarbonyl (C=S) groups is 1. The van der Waals surface area contributed by atoms with Crippen molar-refractivity contribution >= 4 is 27.0 Å². The fraction of sp³-hybridized carbons (Fsp3) is 0.273. The molecule has 7 nitrogen and oxygen atoms in total. The maximum atomic E-state index is 13.0. The number of tetrazole rings is 1. The minimum absolute atomic E-state index is 0. The Hall–Kier alpha value is -0.716. The average molecular weight is 505 g/mol. The number of nitrogens with one attached hydrogen (secondary N) is 1. The first-order valence-corrected chi connectivity index (χ1v) is 8.22. The summed E-state index contributed by atoms with van der Waals surface area (Å²) in [6.07, 6.45) is -4.11. The van der Waals surface area contributed by atoms with Gasteiger partial charge < -0.3 is 10.1 Å². The number of nitrogens with zero attached hydrogens (tertiary/aromatic N) is 4. The zero-order valence-corrected chi connectivity index (χ0v) is 17.6. The Bertz CT molecular complexity index is 917. The van der Waals surface area contributed by atoms with Gasteiger partial charge in [-0.25, -0.2) is 18.7 Å². The van der Waals surface area contributed by atoms with Crippen LogP contribution >= 0.6 is 12.2 Å². The van der Waals surface area contributed by atoms with Crippen LogP contribution in [0, 0.1) is 48.2 Å². The number of aromatic nitrogens is 4. The summed E-state index contributed by atoms with van der Waals surface area (Å²) in [7, 11) is -4.13. The molecule has 2 aromatic rings. The first-order chi connectivity index (χ1) is 10.5. The Morgan fingerprint density at radius 2 is 2.00 bits per heavy atom. The molecule has 0 fully saturated rings. The predicted octanol–water partition coefficient (Wildman–Crippen LogP) is 0.769. The molecular weight excluding hydrogens is 496 g/mol. The average Bonchev–Trinajstić information content (AvgIpc) is 2.88. The van der Waals surface area contributed by atoms with E-state index in [1.165, 1.54) is 6.92 Å². The molecule has 0 amide bonds. The second-order valence-electron chi connectivity index (χ2n) is 4.53. The quantitative estimate of drug-likeness (QED) is 0.606. The summed E-state index contributed by atoms with van der Waals surface area (Å²) >= 11 is 5.02. The van der Waals surface area contributed by atoms with Gasteiger partial charge in [-0.15, -0.1) is 5.21 Å². The van der Waals surface area contributed by atoms with Gasteiger partial charge in [0.15, 0.2) is 9.84 Å². The van der Waals surface area contributed by atoms with E-state index in [4.69, 9.17) is 12.2 Å². The second-order valence-corrected chi connectivity index (χ2v) is 6.87. The van der Waals surface area contributed by atoms with Gasteiger partial charge in [0, 0.05) is 53.1 Å². The van der Waals surface area contributed by atoms with E-state index in [0.29, 0.717) is 12.3 Å². The van der Waals surface area contributed by atoms with E-state index in [2.05, 4.69) is 25.6 Å². The van der Waals surface area contributed by atoms with Crippen LogP contribution in [0.4, 0.5) is 13.2 Å². The van der Waals surface area contributed by atoms with Crippen molar-refractivity contribution in [3.8, 4) is 0 Å². The van der Waals surface area contributed by atoms with Gasteiger partial charge in [0.25, 0.3) is 0 Å². The Morgan fingerprint density at radius 1 is 1.38 bits per heavy atom. The van der Waals surface area contributed by atoms with Gasteiger partial charge in [-0.2, -0.15) is 13.2 Å². The molecular formula is C11H9F3N5O2PrS2-. The third kappa shape index (κ3) is 4.67. The molecule has 1 N–H and O–H groups in total. The van der Waals surface area contributed by atoms with Gasteiger partial charge in [-0.05, 0) is 18.6 Å². The third-order valence-corrected chi connectivity index (χ3v) is 4.43. The molecule has 127 valence electrons. The van der Waals surface area contributed by atoms with Crippen molar-refractivity contribution in [1.29, 1.82) is 0 Å². The zero-order chi connectivity index (χ0) is 17.4. The summed E-state index contributed by atoms with van der Waals surface area (Å²) in [6, 6.07) is 1.74. The zero-order valence-electron chi connectivity index (χ0n) is 12.3. The monoisotopic (exact) mass is 505 g/mol. The van der Waals surface area contributed by atoms with Gasteiger partial charge >= 0.3 is 6.18 Å².